The van der Waals surface area contributed by atoms with Crippen molar-refractivity contribution in [3.63, 3.8) is 0 Å². The average Bonchev–Trinajstić information content (AvgIpc) is 2.25. The molecule has 1 aromatic rings. The van der Waals surface area contributed by atoms with Gasteiger partial charge in [-0.25, -0.2) is 8.78 Å². The lowest BCUT2D eigenvalue weighted by molar-refractivity contribution is 0.493. The fourth-order valence-electron chi connectivity index (χ4n) is 1.53. The standard InChI is InChI=1S/C13H19F2N/c1-4-10(3)16-8-9(2)12-6-5-11(14)7-13(12)15/h5-7,9-10,16H,4,8H2,1-3H3. The van der Waals surface area contributed by atoms with Gasteiger partial charge in [-0.1, -0.05) is 19.9 Å². The van der Waals surface area contributed by atoms with Crippen LogP contribution in [0.3, 0.4) is 0 Å². The van der Waals surface area contributed by atoms with Crippen LogP contribution in [0.2, 0.25) is 0 Å². The van der Waals surface area contributed by atoms with Gasteiger partial charge in [0.05, 0.1) is 0 Å². The summed E-state index contributed by atoms with van der Waals surface area (Å²) in [6.07, 6.45) is 1.04. The smallest absolute Gasteiger partial charge is 0.129 e. The maximum absolute atomic E-state index is 13.4. The SMILES string of the molecule is CCC(C)NCC(C)c1ccc(F)cc1F. The van der Waals surface area contributed by atoms with E-state index in [-0.39, 0.29) is 5.92 Å². The van der Waals surface area contributed by atoms with Gasteiger partial charge in [-0.2, -0.15) is 0 Å². The van der Waals surface area contributed by atoms with Crippen LogP contribution in [-0.4, -0.2) is 12.6 Å². The summed E-state index contributed by atoms with van der Waals surface area (Å²) in [5, 5.41) is 3.31. The summed E-state index contributed by atoms with van der Waals surface area (Å²) in [5.74, 6) is -0.934. The van der Waals surface area contributed by atoms with E-state index in [4.69, 9.17) is 0 Å². The zero-order chi connectivity index (χ0) is 12.1. The van der Waals surface area contributed by atoms with Crippen LogP contribution in [0.5, 0.6) is 0 Å². The maximum atomic E-state index is 13.4. The highest BCUT2D eigenvalue weighted by Crippen LogP contribution is 2.19. The molecule has 0 heterocycles. The number of hydrogen-bond acceptors (Lipinski definition) is 1. The van der Waals surface area contributed by atoms with Crippen molar-refractivity contribution >= 4 is 0 Å². The van der Waals surface area contributed by atoms with Gasteiger partial charge < -0.3 is 5.32 Å². The van der Waals surface area contributed by atoms with E-state index in [0.29, 0.717) is 18.2 Å². The Labute approximate surface area is 95.9 Å². The molecule has 1 aromatic carbocycles. The maximum Gasteiger partial charge on any atom is 0.129 e. The van der Waals surface area contributed by atoms with Crippen molar-refractivity contribution in [3.8, 4) is 0 Å². The van der Waals surface area contributed by atoms with Crippen molar-refractivity contribution in [1.29, 1.82) is 0 Å². The lowest BCUT2D eigenvalue weighted by Crippen LogP contribution is -2.29. The Kier molecular flexibility index (Phi) is 4.87. The number of halogens is 2. The number of nitrogens with one attached hydrogen (secondary N) is 1. The van der Waals surface area contributed by atoms with E-state index in [9.17, 15) is 8.78 Å². The molecule has 0 fully saturated rings. The second-order valence-electron chi connectivity index (χ2n) is 4.28. The first kappa shape index (κ1) is 13.1. The van der Waals surface area contributed by atoms with Gasteiger partial charge in [0.2, 0.25) is 0 Å². The Hall–Kier alpha value is -0.960. The lowest BCUT2D eigenvalue weighted by Gasteiger charge is -2.17. The van der Waals surface area contributed by atoms with Gasteiger partial charge >= 0.3 is 0 Å². The molecule has 1 rings (SSSR count). The van der Waals surface area contributed by atoms with E-state index in [2.05, 4.69) is 19.2 Å². The predicted molar refractivity (Wildman–Crippen MR) is 62.5 cm³/mol. The minimum absolute atomic E-state index is 0.0506. The summed E-state index contributed by atoms with van der Waals surface area (Å²) in [6.45, 7) is 6.83. The molecule has 0 aliphatic heterocycles. The van der Waals surface area contributed by atoms with Crippen LogP contribution >= 0.6 is 0 Å². The van der Waals surface area contributed by atoms with Gasteiger partial charge in [0, 0.05) is 18.7 Å². The van der Waals surface area contributed by atoms with E-state index < -0.39 is 11.6 Å². The first-order chi connectivity index (χ1) is 7.54. The third-order valence-corrected chi connectivity index (χ3v) is 2.88. The second-order valence-corrected chi connectivity index (χ2v) is 4.28. The van der Waals surface area contributed by atoms with Crippen LogP contribution in [0, 0.1) is 11.6 Å². The van der Waals surface area contributed by atoms with Gasteiger partial charge in [0.1, 0.15) is 11.6 Å². The van der Waals surface area contributed by atoms with Gasteiger partial charge in [0.25, 0.3) is 0 Å². The first-order valence-electron chi connectivity index (χ1n) is 5.73. The Balaban J connectivity index is 2.62. The van der Waals surface area contributed by atoms with Crippen molar-refractivity contribution in [2.45, 2.75) is 39.2 Å². The van der Waals surface area contributed by atoms with Crippen molar-refractivity contribution in [3.05, 3.63) is 35.4 Å². The van der Waals surface area contributed by atoms with E-state index in [1.54, 1.807) is 0 Å². The molecular formula is C13H19F2N. The van der Waals surface area contributed by atoms with Gasteiger partial charge in [0.15, 0.2) is 0 Å². The molecule has 0 aliphatic rings. The minimum atomic E-state index is -0.525. The van der Waals surface area contributed by atoms with Crippen LogP contribution in [0.15, 0.2) is 18.2 Å². The molecule has 2 unspecified atom stereocenters. The first-order valence-corrected chi connectivity index (χ1v) is 5.73. The fourth-order valence-corrected chi connectivity index (χ4v) is 1.53. The summed E-state index contributed by atoms with van der Waals surface area (Å²) in [7, 11) is 0. The molecule has 0 radical (unpaired) electrons. The molecular weight excluding hydrogens is 208 g/mol. The topological polar surface area (TPSA) is 12.0 Å². The molecule has 1 nitrogen and oxygen atoms in total. The summed E-state index contributed by atoms with van der Waals surface area (Å²) in [5.41, 5.74) is 0.567. The van der Waals surface area contributed by atoms with Gasteiger partial charge in [-0.15, -0.1) is 0 Å². The Morgan fingerprint density at radius 2 is 1.94 bits per heavy atom. The van der Waals surface area contributed by atoms with E-state index >= 15 is 0 Å². The third kappa shape index (κ3) is 3.56. The van der Waals surface area contributed by atoms with Crippen molar-refractivity contribution in [2.24, 2.45) is 0 Å². The molecule has 0 aromatic heterocycles. The third-order valence-electron chi connectivity index (χ3n) is 2.88. The Morgan fingerprint density at radius 3 is 2.50 bits per heavy atom. The minimum Gasteiger partial charge on any atom is -0.314 e. The van der Waals surface area contributed by atoms with Crippen molar-refractivity contribution in [1.82, 2.24) is 5.32 Å². The molecule has 2 atom stereocenters. The summed E-state index contributed by atoms with van der Waals surface area (Å²) < 4.78 is 26.2. The van der Waals surface area contributed by atoms with Crippen molar-refractivity contribution < 1.29 is 8.78 Å². The fraction of sp³-hybridized carbons (Fsp3) is 0.538. The zero-order valence-electron chi connectivity index (χ0n) is 10.1. The second kappa shape index (κ2) is 5.94. The normalized spacial score (nSPS) is 14.8. The predicted octanol–water partition coefficient (Wildman–Crippen LogP) is 3.46. The summed E-state index contributed by atoms with van der Waals surface area (Å²) in [4.78, 5) is 0. The molecule has 0 spiro atoms. The highest BCUT2D eigenvalue weighted by Gasteiger charge is 2.12. The Bertz CT molecular complexity index is 339. The summed E-state index contributed by atoms with van der Waals surface area (Å²) in [6, 6.07) is 4.19. The molecule has 1 N–H and O–H groups in total. The molecule has 90 valence electrons. The molecule has 0 saturated carbocycles. The van der Waals surface area contributed by atoms with Crippen LogP contribution in [0.4, 0.5) is 8.78 Å². The number of benzene rings is 1. The average molecular weight is 227 g/mol. The van der Waals surface area contributed by atoms with E-state index in [1.165, 1.54) is 12.1 Å². The van der Waals surface area contributed by atoms with Crippen LogP contribution in [0.1, 0.15) is 38.7 Å². The number of rotatable bonds is 5. The quantitative estimate of drug-likeness (QED) is 0.812. The summed E-state index contributed by atoms with van der Waals surface area (Å²) >= 11 is 0. The number of hydrogen-bond donors (Lipinski definition) is 1. The van der Waals surface area contributed by atoms with E-state index in [1.807, 2.05) is 6.92 Å². The largest absolute Gasteiger partial charge is 0.314 e. The van der Waals surface area contributed by atoms with Crippen molar-refractivity contribution in [2.75, 3.05) is 6.54 Å². The molecule has 0 amide bonds. The molecule has 16 heavy (non-hydrogen) atoms. The highest BCUT2D eigenvalue weighted by atomic mass is 19.1. The molecule has 0 saturated heterocycles. The lowest BCUT2D eigenvalue weighted by atomic mass is 10.00. The molecule has 0 aliphatic carbocycles. The van der Waals surface area contributed by atoms with Crippen LogP contribution in [0.25, 0.3) is 0 Å². The van der Waals surface area contributed by atoms with Crippen LogP contribution < -0.4 is 5.32 Å². The zero-order valence-corrected chi connectivity index (χ0v) is 10.1. The molecule has 3 heteroatoms. The molecule has 0 bridgehead atoms. The monoisotopic (exact) mass is 227 g/mol. The van der Waals surface area contributed by atoms with Crippen LogP contribution in [-0.2, 0) is 0 Å². The highest BCUT2D eigenvalue weighted by molar-refractivity contribution is 5.22. The van der Waals surface area contributed by atoms with Gasteiger partial charge in [-0.3, -0.25) is 0 Å². The van der Waals surface area contributed by atoms with E-state index in [0.717, 1.165) is 12.5 Å². The Morgan fingerprint density at radius 1 is 1.25 bits per heavy atom. The van der Waals surface area contributed by atoms with Gasteiger partial charge in [-0.05, 0) is 30.9 Å².